The van der Waals surface area contributed by atoms with E-state index in [9.17, 15) is 9.90 Å². The number of hydrogen-bond donors (Lipinski definition) is 3. The van der Waals surface area contributed by atoms with E-state index in [1.165, 1.54) is 12.0 Å². The third-order valence-electron chi connectivity index (χ3n) is 5.56. The first-order valence-electron chi connectivity index (χ1n) is 9.94. The largest absolute Gasteiger partial charge is 0.486 e. The van der Waals surface area contributed by atoms with Gasteiger partial charge in [0.05, 0.1) is 11.8 Å². The van der Waals surface area contributed by atoms with Gasteiger partial charge in [-0.3, -0.25) is 4.79 Å². The van der Waals surface area contributed by atoms with Gasteiger partial charge in [-0.15, -0.1) is 0 Å². The van der Waals surface area contributed by atoms with Crippen LogP contribution < -0.4 is 15.8 Å². The number of aryl methyl sites for hydroxylation is 1. The number of oxazole rings is 1. The number of carbonyl (C=O) groups is 1. The summed E-state index contributed by atoms with van der Waals surface area (Å²) in [5.41, 5.74) is 9.80. The summed E-state index contributed by atoms with van der Waals surface area (Å²) in [6.45, 7) is 2.85. The van der Waals surface area contributed by atoms with Crippen molar-refractivity contribution < 1.29 is 19.1 Å². The molecule has 156 valence electrons. The normalized spacial score (nSPS) is 16.7. The number of aliphatic hydroxyl groups excluding tert-OH is 1. The Morgan fingerprint density at radius 1 is 1.33 bits per heavy atom. The second-order valence-electron chi connectivity index (χ2n) is 7.56. The number of hydrogen-bond acceptors (Lipinski definition) is 6. The summed E-state index contributed by atoms with van der Waals surface area (Å²) in [5.74, 6) is 0.999. The number of primary amides is 1. The average molecular weight is 407 g/mol. The predicted molar refractivity (Wildman–Crippen MR) is 111 cm³/mol. The number of benzene rings is 2. The highest BCUT2D eigenvalue weighted by Crippen LogP contribution is 2.25. The van der Waals surface area contributed by atoms with Crippen LogP contribution in [0.3, 0.4) is 0 Å². The molecule has 0 spiro atoms. The molecule has 1 aliphatic heterocycles. The number of aliphatic hydroxyl groups is 1. The second-order valence-corrected chi connectivity index (χ2v) is 7.56. The van der Waals surface area contributed by atoms with Crippen molar-refractivity contribution in [1.29, 1.82) is 0 Å². The SMILES string of the molecule is Cc1ncoc1COc1ccc2c(c1)CN[C@H]([C@H](O)Cc1ccccc1C(N)=O)C2. The van der Waals surface area contributed by atoms with Crippen molar-refractivity contribution >= 4 is 5.91 Å². The van der Waals surface area contributed by atoms with Crippen LogP contribution in [0.15, 0.2) is 53.3 Å². The molecule has 1 aromatic heterocycles. The van der Waals surface area contributed by atoms with Gasteiger partial charge in [0, 0.05) is 24.6 Å². The third-order valence-corrected chi connectivity index (χ3v) is 5.56. The van der Waals surface area contributed by atoms with Crippen molar-refractivity contribution in [2.75, 3.05) is 0 Å². The van der Waals surface area contributed by atoms with Crippen molar-refractivity contribution in [3.8, 4) is 5.75 Å². The average Bonchev–Trinajstić information content (AvgIpc) is 3.16. The van der Waals surface area contributed by atoms with Crippen molar-refractivity contribution in [3.05, 3.63) is 82.6 Å². The van der Waals surface area contributed by atoms with Crippen LogP contribution in [-0.2, 0) is 26.0 Å². The van der Waals surface area contributed by atoms with Crippen LogP contribution >= 0.6 is 0 Å². The van der Waals surface area contributed by atoms with Gasteiger partial charge in [-0.25, -0.2) is 4.98 Å². The fourth-order valence-electron chi connectivity index (χ4n) is 3.80. The van der Waals surface area contributed by atoms with Crippen LogP contribution in [-0.4, -0.2) is 28.1 Å². The molecule has 30 heavy (non-hydrogen) atoms. The lowest BCUT2D eigenvalue weighted by Crippen LogP contribution is -2.45. The van der Waals surface area contributed by atoms with E-state index >= 15 is 0 Å². The molecule has 2 aromatic carbocycles. The Morgan fingerprint density at radius 2 is 2.17 bits per heavy atom. The minimum atomic E-state index is -0.635. The minimum absolute atomic E-state index is 0.109. The molecule has 7 nitrogen and oxygen atoms in total. The van der Waals surface area contributed by atoms with E-state index in [1.807, 2.05) is 37.3 Å². The highest BCUT2D eigenvalue weighted by molar-refractivity contribution is 5.94. The first-order chi connectivity index (χ1) is 14.5. The topological polar surface area (TPSA) is 111 Å². The molecule has 4 rings (SSSR count). The van der Waals surface area contributed by atoms with Crippen molar-refractivity contribution in [3.63, 3.8) is 0 Å². The van der Waals surface area contributed by atoms with Crippen LogP contribution in [0.4, 0.5) is 0 Å². The molecule has 4 N–H and O–H groups in total. The van der Waals surface area contributed by atoms with E-state index in [0.717, 1.165) is 22.6 Å². The number of nitrogens with two attached hydrogens (primary N) is 1. The summed E-state index contributed by atoms with van der Waals surface area (Å²) >= 11 is 0. The minimum Gasteiger partial charge on any atom is -0.486 e. The van der Waals surface area contributed by atoms with E-state index in [-0.39, 0.29) is 6.04 Å². The van der Waals surface area contributed by atoms with Gasteiger partial charge in [0.1, 0.15) is 12.4 Å². The summed E-state index contributed by atoms with van der Waals surface area (Å²) < 4.78 is 11.1. The smallest absolute Gasteiger partial charge is 0.248 e. The zero-order chi connectivity index (χ0) is 21.1. The van der Waals surface area contributed by atoms with Gasteiger partial charge < -0.3 is 25.3 Å². The first kappa shape index (κ1) is 20.1. The van der Waals surface area contributed by atoms with Gasteiger partial charge >= 0.3 is 0 Å². The summed E-state index contributed by atoms with van der Waals surface area (Å²) in [4.78, 5) is 15.7. The quantitative estimate of drug-likeness (QED) is 0.554. The van der Waals surface area contributed by atoms with E-state index in [4.69, 9.17) is 14.9 Å². The zero-order valence-corrected chi connectivity index (χ0v) is 16.8. The Bertz CT molecular complexity index is 1050. The number of ether oxygens (including phenoxy) is 1. The van der Waals surface area contributed by atoms with E-state index in [2.05, 4.69) is 10.3 Å². The molecule has 1 amide bonds. The predicted octanol–water partition coefficient (Wildman–Crippen LogP) is 2.28. The Kier molecular flexibility index (Phi) is 5.83. The number of rotatable bonds is 7. The molecular weight excluding hydrogens is 382 g/mol. The molecular formula is C23H25N3O4. The maximum atomic E-state index is 11.6. The lowest BCUT2D eigenvalue weighted by atomic mass is 9.89. The van der Waals surface area contributed by atoms with Gasteiger partial charge in [0.25, 0.3) is 0 Å². The molecule has 0 fully saturated rings. The summed E-state index contributed by atoms with van der Waals surface area (Å²) in [6.07, 6.45) is 1.84. The molecule has 0 bridgehead atoms. The second kappa shape index (κ2) is 8.69. The van der Waals surface area contributed by atoms with Crippen LogP contribution in [0.5, 0.6) is 5.75 Å². The fraction of sp³-hybridized carbons (Fsp3) is 0.304. The molecule has 0 aliphatic carbocycles. The molecule has 3 aromatic rings. The summed E-state index contributed by atoms with van der Waals surface area (Å²) in [5, 5.41) is 14.2. The number of carbonyl (C=O) groups excluding carboxylic acids is 1. The monoisotopic (exact) mass is 407 g/mol. The van der Waals surface area contributed by atoms with Gasteiger partial charge in [-0.05, 0) is 48.2 Å². The maximum absolute atomic E-state index is 11.6. The molecule has 0 saturated carbocycles. The highest BCUT2D eigenvalue weighted by Gasteiger charge is 2.26. The fourth-order valence-corrected chi connectivity index (χ4v) is 3.80. The van der Waals surface area contributed by atoms with Crippen LogP contribution in [0, 0.1) is 6.92 Å². The molecule has 2 heterocycles. The van der Waals surface area contributed by atoms with Crippen LogP contribution in [0.1, 0.15) is 38.5 Å². The Balaban J connectivity index is 1.40. The van der Waals surface area contributed by atoms with Crippen LogP contribution in [0.2, 0.25) is 0 Å². The Hall–Kier alpha value is -3.16. The van der Waals surface area contributed by atoms with Gasteiger partial charge in [-0.1, -0.05) is 24.3 Å². The van der Waals surface area contributed by atoms with E-state index in [1.54, 1.807) is 12.1 Å². The van der Waals surface area contributed by atoms with Crippen molar-refractivity contribution in [2.24, 2.45) is 5.73 Å². The lowest BCUT2D eigenvalue weighted by Gasteiger charge is -2.30. The lowest BCUT2D eigenvalue weighted by molar-refractivity contribution is 0.0995. The molecule has 1 aliphatic rings. The molecule has 7 heteroatoms. The Labute approximate surface area is 174 Å². The zero-order valence-electron chi connectivity index (χ0n) is 16.8. The maximum Gasteiger partial charge on any atom is 0.248 e. The molecule has 0 saturated heterocycles. The number of fused-ring (bicyclic) bond motifs is 1. The standard InChI is InChI=1S/C23H25N3O4/c1-14-22(30-13-26-14)12-29-18-7-6-15-9-20(25-11-17(15)8-18)21(27)10-16-4-2-3-5-19(16)23(24)28/h2-8,13,20-21,25,27H,9-12H2,1H3,(H2,24,28)/t20-,21+/m0/s1. The molecule has 0 radical (unpaired) electrons. The Morgan fingerprint density at radius 3 is 2.93 bits per heavy atom. The molecule has 2 atom stereocenters. The number of nitrogens with one attached hydrogen (secondary N) is 1. The van der Waals surface area contributed by atoms with Gasteiger partial charge in [0.15, 0.2) is 12.2 Å². The van der Waals surface area contributed by atoms with Crippen molar-refractivity contribution in [2.45, 2.75) is 45.1 Å². The first-order valence-corrected chi connectivity index (χ1v) is 9.94. The number of nitrogens with zero attached hydrogens (tertiary/aromatic N) is 1. The van der Waals surface area contributed by atoms with Gasteiger partial charge in [0.2, 0.25) is 5.91 Å². The van der Waals surface area contributed by atoms with E-state index in [0.29, 0.717) is 37.3 Å². The van der Waals surface area contributed by atoms with Crippen LogP contribution in [0.25, 0.3) is 0 Å². The number of amides is 1. The van der Waals surface area contributed by atoms with Crippen molar-refractivity contribution in [1.82, 2.24) is 10.3 Å². The summed E-state index contributed by atoms with van der Waals surface area (Å²) in [7, 11) is 0. The highest BCUT2D eigenvalue weighted by atomic mass is 16.5. The summed E-state index contributed by atoms with van der Waals surface area (Å²) in [6, 6.07) is 13.0. The molecule has 0 unspecified atom stereocenters. The third kappa shape index (κ3) is 4.37. The number of aromatic nitrogens is 1. The van der Waals surface area contributed by atoms with Gasteiger partial charge in [-0.2, -0.15) is 0 Å². The van der Waals surface area contributed by atoms with E-state index < -0.39 is 12.0 Å².